The Morgan fingerprint density at radius 1 is 0.536 bits per heavy atom. The van der Waals surface area contributed by atoms with E-state index in [9.17, 15) is 16.8 Å². The minimum Gasteiger partial charge on any atom is -0.311 e. The summed E-state index contributed by atoms with van der Waals surface area (Å²) in [7, 11) is -10.3. The second-order valence-electron chi connectivity index (χ2n) is 5.27. The average molecular weight is 440 g/mol. The van der Waals surface area contributed by atoms with Gasteiger partial charge in [0.1, 0.15) is 0 Å². The number of para-hydroxylation sites is 3. The van der Waals surface area contributed by atoms with Crippen molar-refractivity contribution in [1.29, 1.82) is 0 Å². The van der Waals surface area contributed by atoms with Gasteiger partial charge in [-0.05, 0) is 36.4 Å². The molecule has 10 heteroatoms. The van der Waals surface area contributed by atoms with Gasteiger partial charge in [-0.25, -0.2) is 0 Å². The molecule has 0 saturated heterocycles. The zero-order valence-electron chi connectivity index (χ0n) is 14.4. The van der Waals surface area contributed by atoms with Gasteiger partial charge in [0, 0.05) is 17.1 Å². The number of benzene rings is 3. The van der Waals surface area contributed by atoms with Crippen LogP contribution < -0.4 is 4.90 Å². The van der Waals surface area contributed by atoms with Gasteiger partial charge in [0.2, 0.25) is 0 Å². The van der Waals surface area contributed by atoms with Crippen LogP contribution in [0.1, 0.15) is 0 Å². The van der Waals surface area contributed by atoms with Gasteiger partial charge in [-0.2, -0.15) is 16.8 Å². The van der Waals surface area contributed by atoms with E-state index in [4.69, 9.17) is 9.11 Å². The maximum absolute atomic E-state index is 9.63. The standard InChI is InChI=1S/C18H15N.H2O6S3/c1-4-10-16(11-5-1)19(17-12-6-2-7-13-17)18-14-8-3-9-15-18;1-8(2,3)7-9(4,5)6/h1-15H;(H,1,2,3)(H,4,5,6). The highest BCUT2D eigenvalue weighted by Gasteiger charge is 2.17. The predicted molar refractivity (Wildman–Crippen MR) is 112 cm³/mol. The molecular formula is C18H17NO6S3. The summed E-state index contributed by atoms with van der Waals surface area (Å²) in [6, 6.07) is 31.3. The number of rotatable bonds is 5. The SMILES string of the molecule is O=S(=O)(O)SS(=O)(=O)O.c1ccc(N(c2ccccc2)c2ccccc2)cc1. The molecule has 28 heavy (non-hydrogen) atoms. The van der Waals surface area contributed by atoms with Crippen LogP contribution in [0.3, 0.4) is 0 Å². The number of hydrogen-bond acceptors (Lipinski definition) is 6. The molecule has 0 atom stereocenters. The predicted octanol–water partition coefficient (Wildman–Crippen LogP) is 4.48. The van der Waals surface area contributed by atoms with Crippen LogP contribution in [0.2, 0.25) is 0 Å². The van der Waals surface area contributed by atoms with Crippen molar-refractivity contribution in [2.24, 2.45) is 0 Å². The lowest BCUT2D eigenvalue weighted by atomic mass is 10.2. The van der Waals surface area contributed by atoms with E-state index in [-0.39, 0.29) is 0 Å². The molecule has 3 aromatic rings. The van der Waals surface area contributed by atoms with Crippen molar-refractivity contribution in [3.63, 3.8) is 0 Å². The fourth-order valence-electron chi connectivity index (χ4n) is 2.29. The average Bonchev–Trinajstić information content (AvgIpc) is 2.62. The van der Waals surface area contributed by atoms with Crippen molar-refractivity contribution in [3.8, 4) is 0 Å². The van der Waals surface area contributed by atoms with E-state index < -0.39 is 28.1 Å². The van der Waals surface area contributed by atoms with E-state index >= 15 is 0 Å². The Morgan fingerprint density at radius 2 is 0.786 bits per heavy atom. The summed E-state index contributed by atoms with van der Waals surface area (Å²) in [6.07, 6.45) is 0. The first-order valence-corrected chi connectivity index (χ1v) is 12.5. The minimum atomic E-state index is -4.70. The maximum atomic E-state index is 9.63. The summed E-state index contributed by atoms with van der Waals surface area (Å²) >= 11 is 0. The van der Waals surface area contributed by atoms with Crippen molar-refractivity contribution in [2.75, 3.05) is 4.90 Å². The van der Waals surface area contributed by atoms with E-state index in [0.717, 1.165) is 0 Å². The molecule has 0 bridgehead atoms. The van der Waals surface area contributed by atoms with E-state index in [1.807, 2.05) is 18.2 Å². The summed E-state index contributed by atoms with van der Waals surface area (Å²) in [5.41, 5.74) is 3.50. The summed E-state index contributed by atoms with van der Waals surface area (Å²) in [4.78, 5) is 2.25. The van der Waals surface area contributed by atoms with Crippen LogP contribution in [0.15, 0.2) is 91.0 Å². The number of nitrogens with zero attached hydrogens (tertiary/aromatic N) is 1. The monoisotopic (exact) mass is 439 g/mol. The van der Waals surface area contributed by atoms with E-state index in [0.29, 0.717) is 0 Å². The summed E-state index contributed by atoms with van der Waals surface area (Å²) in [5, 5.41) is 0. The Labute approximate surface area is 166 Å². The molecule has 0 aromatic heterocycles. The van der Waals surface area contributed by atoms with Gasteiger partial charge < -0.3 is 4.90 Å². The van der Waals surface area contributed by atoms with Crippen molar-refractivity contribution < 1.29 is 25.9 Å². The molecule has 7 nitrogen and oxygen atoms in total. The molecule has 0 saturated carbocycles. The molecule has 3 aromatic carbocycles. The Kier molecular flexibility index (Phi) is 7.61. The lowest BCUT2D eigenvalue weighted by Gasteiger charge is -2.25. The minimum absolute atomic E-state index is 0.931. The van der Waals surface area contributed by atoms with Gasteiger partial charge in [-0.1, -0.05) is 54.6 Å². The van der Waals surface area contributed by atoms with Crippen molar-refractivity contribution in [1.82, 2.24) is 0 Å². The smallest absolute Gasteiger partial charge is 0.311 e. The van der Waals surface area contributed by atoms with Gasteiger partial charge in [-0.15, -0.1) is 0 Å². The van der Waals surface area contributed by atoms with Crippen molar-refractivity contribution in [3.05, 3.63) is 91.0 Å². The molecule has 0 spiro atoms. The highest BCUT2D eigenvalue weighted by atomic mass is 33.5. The third-order valence-electron chi connectivity index (χ3n) is 3.22. The topological polar surface area (TPSA) is 112 Å². The van der Waals surface area contributed by atoms with Gasteiger partial charge in [0.25, 0.3) is 0 Å². The molecule has 0 fully saturated rings. The molecule has 3 rings (SSSR count). The molecular weight excluding hydrogens is 422 g/mol. The fraction of sp³-hybridized carbons (Fsp3) is 0. The first-order chi connectivity index (χ1) is 13.2. The maximum Gasteiger partial charge on any atom is 0.336 e. The van der Waals surface area contributed by atoms with Crippen LogP contribution in [0.25, 0.3) is 0 Å². The highest BCUT2D eigenvalue weighted by molar-refractivity contribution is 9.02. The zero-order chi connectivity index (χ0) is 20.6. The lowest BCUT2D eigenvalue weighted by Crippen LogP contribution is -2.09. The van der Waals surface area contributed by atoms with Crippen LogP contribution in [0, 0.1) is 0 Å². The molecule has 148 valence electrons. The first-order valence-electron chi connectivity index (χ1n) is 7.77. The van der Waals surface area contributed by atoms with Gasteiger partial charge >= 0.3 is 18.3 Å². The molecule has 2 N–H and O–H groups in total. The van der Waals surface area contributed by atoms with Gasteiger partial charge in [0.15, 0.2) is 9.83 Å². The largest absolute Gasteiger partial charge is 0.336 e. The van der Waals surface area contributed by atoms with Crippen LogP contribution >= 0.6 is 9.83 Å². The normalized spacial score (nSPS) is 11.2. The van der Waals surface area contributed by atoms with Crippen molar-refractivity contribution >= 4 is 45.2 Å². The molecule has 0 amide bonds. The first kappa shape index (κ1) is 21.9. The molecule has 0 heterocycles. The molecule has 0 aliphatic heterocycles. The second-order valence-corrected chi connectivity index (χ2v) is 11.3. The van der Waals surface area contributed by atoms with E-state index in [2.05, 4.69) is 77.7 Å². The fourth-order valence-corrected chi connectivity index (χ4v) is 5.11. The van der Waals surface area contributed by atoms with Crippen LogP contribution in [-0.4, -0.2) is 25.9 Å². The van der Waals surface area contributed by atoms with Crippen LogP contribution in [0.5, 0.6) is 0 Å². The Morgan fingerprint density at radius 3 is 0.964 bits per heavy atom. The molecule has 0 aliphatic rings. The van der Waals surface area contributed by atoms with Gasteiger partial charge in [0.05, 0.1) is 0 Å². The second kappa shape index (κ2) is 9.71. The van der Waals surface area contributed by atoms with E-state index in [1.165, 1.54) is 17.1 Å². The summed E-state index contributed by atoms with van der Waals surface area (Å²) < 4.78 is 54.0. The zero-order valence-corrected chi connectivity index (χ0v) is 16.8. The number of anilines is 3. The van der Waals surface area contributed by atoms with Crippen LogP contribution in [0.4, 0.5) is 17.1 Å². The third-order valence-corrected chi connectivity index (χ3v) is 7.69. The Hall–Kier alpha value is -2.37. The molecule has 0 unspecified atom stereocenters. The molecule has 0 aliphatic carbocycles. The quantitative estimate of drug-likeness (QED) is 0.442. The Balaban J connectivity index is 0.000000266. The van der Waals surface area contributed by atoms with E-state index in [1.54, 1.807) is 0 Å². The Bertz CT molecular complexity index is 950. The highest BCUT2D eigenvalue weighted by Crippen LogP contribution is 2.33. The molecule has 0 radical (unpaired) electrons. The summed E-state index contributed by atoms with van der Waals surface area (Å²) in [5.74, 6) is 0. The summed E-state index contributed by atoms with van der Waals surface area (Å²) in [6.45, 7) is 0. The van der Waals surface area contributed by atoms with Crippen molar-refractivity contribution in [2.45, 2.75) is 0 Å². The lowest BCUT2D eigenvalue weighted by molar-refractivity contribution is 0.499. The number of hydrogen-bond donors (Lipinski definition) is 2. The van der Waals surface area contributed by atoms with Crippen LogP contribution in [-0.2, 0) is 18.3 Å². The van der Waals surface area contributed by atoms with Gasteiger partial charge in [-0.3, -0.25) is 9.11 Å². The third kappa shape index (κ3) is 7.71.